The van der Waals surface area contributed by atoms with Gasteiger partial charge < -0.3 is 10.2 Å². The fraction of sp³-hybridized carbons (Fsp3) is 0.417. The average Bonchev–Trinajstić information content (AvgIpc) is 2.75. The Morgan fingerprint density at radius 1 is 0.821 bits per heavy atom. The predicted molar refractivity (Wildman–Crippen MR) is 109 cm³/mol. The third-order valence-corrected chi connectivity index (χ3v) is 6.11. The van der Waals surface area contributed by atoms with E-state index in [2.05, 4.69) is 5.32 Å². The number of nitrogens with zero attached hydrogens (tertiary/aromatic N) is 1. The van der Waals surface area contributed by atoms with Crippen LogP contribution in [0.5, 0.6) is 0 Å². The van der Waals surface area contributed by atoms with Crippen LogP contribution in [0.2, 0.25) is 0 Å². The molecule has 0 aromatic heterocycles. The normalized spacial score (nSPS) is 23.5. The first-order valence-corrected chi connectivity index (χ1v) is 10.4. The SMILES string of the molecule is O=C1NC(C2CCCCC2)C(=O)N(Cc2ccccc2)C1Cc1ccccc1. The van der Waals surface area contributed by atoms with Gasteiger partial charge in [-0.25, -0.2) is 0 Å². The topological polar surface area (TPSA) is 49.4 Å². The molecule has 146 valence electrons. The summed E-state index contributed by atoms with van der Waals surface area (Å²) in [6.45, 7) is 0.480. The summed E-state index contributed by atoms with van der Waals surface area (Å²) in [6, 6.07) is 19.1. The number of hydrogen-bond donors (Lipinski definition) is 1. The Morgan fingerprint density at radius 2 is 1.43 bits per heavy atom. The summed E-state index contributed by atoms with van der Waals surface area (Å²) in [6.07, 6.45) is 6.13. The molecular formula is C24H28N2O2. The van der Waals surface area contributed by atoms with Crippen LogP contribution in [0, 0.1) is 5.92 Å². The Morgan fingerprint density at radius 3 is 2.07 bits per heavy atom. The molecule has 1 aliphatic carbocycles. The lowest BCUT2D eigenvalue weighted by Gasteiger charge is -2.42. The van der Waals surface area contributed by atoms with Crippen molar-refractivity contribution in [1.29, 1.82) is 0 Å². The van der Waals surface area contributed by atoms with Gasteiger partial charge in [0.15, 0.2) is 0 Å². The Kier molecular flexibility index (Phi) is 5.75. The van der Waals surface area contributed by atoms with E-state index in [1.807, 2.05) is 65.6 Å². The van der Waals surface area contributed by atoms with Gasteiger partial charge >= 0.3 is 0 Å². The van der Waals surface area contributed by atoms with Gasteiger partial charge in [0.25, 0.3) is 0 Å². The molecule has 28 heavy (non-hydrogen) atoms. The van der Waals surface area contributed by atoms with Crippen molar-refractivity contribution in [1.82, 2.24) is 10.2 Å². The van der Waals surface area contributed by atoms with Crippen molar-refractivity contribution >= 4 is 11.8 Å². The molecule has 2 fully saturated rings. The molecule has 1 saturated carbocycles. The van der Waals surface area contributed by atoms with E-state index >= 15 is 0 Å². The second kappa shape index (κ2) is 8.59. The van der Waals surface area contributed by atoms with Crippen LogP contribution in [-0.2, 0) is 22.6 Å². The summed E-state index contributed by atoms with van der Waals surface area (Å²) in [7, 11) is 0. The summed E-state index contributed by atoms with van der Waals surface area (Å²) >= 11 is 0. The fourth-order valence-electron chi connectivity index (χ4n) is 4.58. The minimum absolute atomic E-state index is 0.0186. The first-order valence-electron chi connectivity index (χ1n) is 10.4. The lowest BCUT2D eigenvalue weighted by molar-refractivity contribution is -0.152. The molecule has 1 saturated heterocycles. The van der Waals surface area contributed by atoms with E-state index < -0.39 is 6.04 Å². The molecule has 2 aromatic carbocycles. The summed E-state index contributed by atoms with van der Waals surface area (Å²) in [4.78, 5) is 28.4. The number of nitrogens with one attached hydrogen (secondary N) is 1. The first kappa shape index (κ1) is 18.7. The maximum atomic E-state index is 13.5. The number of amides is 2. The molecule has 1 N–H and O–H groups in total. The number of hydrogen-bond acceptors (Lipinski definition) is 2. The molecule has 4 heteroatoms. The van der Waals surface area contributed by atoms with Crippen LogP contribution < -0.4 is 5.32 Å². The summed E-state index contributed by atoms with van der Waals surface area (Å²) in [5.41, 5.74) is 2.13. The molecule has 2 unspecified atom stereocenters. The molecule has 0 spiro atoms. The zero-order chi connectivity index (χ0) is 19.3. The number of carbonyl (C=O) groups is 2. The van der Waals surface area contributed by atoms with E-state index in [4.69, 9.17) is 0 Å². The van der Waals surface area contributed by atoms with Crippen LogP contribution >= 0.6 is 0 Å². The van der Waals surface area contributed by atoms with Crippen LogP contribution in [0.3, 0.4) is 0 Å². The van der Waals surface area contributed by atoms with E-state index in [1.54, 1.807) is 0 Å². The van der Waals surface area contributed by atoms with E-state index in [1.165, 1.54) is 6.42 Å². The average molecular weight is 377 g/mol. The quantitative estimate of drug-likeness (QED) is 0.865. The second-order valence-electron chi connectivity index (χ2n) is 8.04. The largest absolute Gasteiger partial charge is 0.342 e. The van der Waals surface area contributed by atoms with E-state index in [0.717, 1.165) is 36.8 Å². The highest BCUT2D eigenvalue weighted by Gasteiger charge is 2.43. The summed E-state index contributed by atoms with van der Waals surface area (Å²) in [5.74, 6) is 0.326. The van der Waals surface area contributed by atoms with Crippen LogP contribution in [-0.4, -0.2) is 28.8 Å². The van der Waals surface area contributed by atoms with E-state index in [-0.39, 0.29) is 23.8 Å². The minimum atomic E-state index is -0.463. The number of benzene rings is 2. The molecule has 2 aromatic rings. The van der Waals surface area contributed by atoms with Gasteiger partial charge in [-0.3, -0.25) is 9.59 Å². The third kappa shape index (κ3) is 4.11. The van der Waals surface area contributed by atoms with Crippen molar-refractivity contribution < 1.29 is 9.59 Å². The maximum Gasteiger partial charge on any atom is 0.246 e. The third-order valence-electron chi connectivity index (χ3n) is 6.11. The highest BCUT2D eigenvalue weighted by molar-refractivity contribution is 5.97. The lowest BCUT2D eigenvalue weighted by Crippen LogP contribution is -2.65. The predicted octanol–water partition coefficient (Wildman–Crippen LogP) is 3.71. The molecule has 2 atom stereocenters. The molecule has 1 aliphatic heterocycles. The van der Waals surface area contributed by atoms with Gasteiger partial charge in [0.1, 0.15) is 12.1 Å². The maximum absolute atomic E-state index is 13.5. The molecule has 2 amide bonds. The van der Waals surface area contributed by atoms with Crippen LogP contribution in [0.4, 0.5) is 0 Å². The van der Waals surface area contributed by atoms with Gasteiger partial charge in [-0.15, -0.1) is 0 Å². The van der Waals surface area contributed by atoms with Crippen LogP contribution in [0.1, 0.15) is 43.2 Å². The fourth-order valence-corrected chi connectivity index (χ4v) is 4.58. The number of piperazine rings is 1. The molecule has 4 nitrogen and oxygen atoms in total. The molecular weight excluding hydrogens is 348 g/mol. The molecule has 2 aliphatic rings. The first-order chi connectivity index (χ1) is 13.7. The van der Waals surface area contributed by atoms with E-state index in [0.29, 0.717) is 13.0 Å². The smallest absolute Gasteiger partial charge is 0.246 e. The van der Waals surface area contributed by atoms with Gasteiger partial charge in [-0.1, -0.05) is 79.9 Å². The molecule has 1 heterocycles. The van der Waals surface area contributed by atoms with Gasteiger partial charge in [0.05, 0.1) is 0 Å². The van der Waals surface area contributed by atoms with Crippen molar-refractivity contribution in [3.63, 3.8) is 0 Å². The Labute approximate surface area is 166 Å². The summed E-state index contributed by atoms with van der Waals surface area (Å²) < 4.78 is 0. The zero-order valence-electron chi connectivity index (χ0n) is 16.2. The summed E-state index contributed by atoms with van der Waals surface area (Å²) in [5, 5.41) is 3.09. The van der Waals surface area contributed by atoms with Crippen LogP contribution in [0.25, 0.3) is 0 Å². The lowest BCUT2D eigenvalue weighted by atomic mass is 9.81. The molecule has 0 radical (unpaired) electrons. The van der Waals surface area contributed by atoms with Crippen LogP contribution in [0.15, 0.2) is 60.7 Å². The van der Waals surface area contributed by atoms with Crippen molar-refractivity contribution in [3.8, 4) is 0 Å². The minimum Gasteiger partial charge on any atom is -0.342 e. The van der Waals surface area contributed by atoms with Crippen molar-refractivity contribution in [2.24, 2.45) is 5.92 Å². The van der Waals surface area contributed by atoms with Gasteiger partial charge in [0, 0.05) is 13.0 Å². The highest BCUT2D eigenvalue weighted by atomic mass is 16.2. The Balaban J connectivity index is 1.60. The van der Waals surface area contributed by atoms with Crippen molar-refractivity contribution in [2.45, 2.75) is 57.2 Å². The van der Waals surface area contributed by atoms with E-state index in [9.17, 15) is 9.59 Å². The number of carbonyl (C=O) groups excluding carboxylic acids is 2. The number of rotatable bonds is 5. The Bertz CT molecular complexity index is 800. The second-order valence-corrected chi connectivity index (χ2v) is 8.04. The van der Waals surface area contributed by atoms with Gasteiger partial charge in [-0.2, -0.15) is 0 Å². The molecule has 0 bridgehead atoms. The van der Waals surface area contributed by atoms with Crippen molar-refractivity contribution in [2.75, 3.05) is 0 Å². The monoisotopic (exact) mass is 376 g/mol. The van der Waals surface area contributed by atoms with Crippen molar-refractivity contribution in [3.05, 3.63) is 71.8 Å². The highest BCUT2D eigenvalue weighted by Crippen LogP contribution is 2.30. The zero-order valence-corrected chi connectivity index (χ0v) is 16.2. The Hall–Kier alpha value is -2.62. The standard InChI is InChI=1S/C24H28N2O2/c27-23-21(16-18-10-4-1-5-11-18)26(17-19-12-6-2-7-13-19)24(28)22(25-23)20-14-8-3-9-15-20/h1-2,4-7,10-13,20-22H,3,8-9,14-17H2,(H,25,27). The molecule has 4 rings (SSSR count). The van der Waals surface area contributed by atoms with Gasteiger partial charge in [0.2, 0.25) is 11.8 Å². The van der Waals surface area contributed by atoms with Gasteiger partial charge in [-0.05, 0) is 29.9 Å².